The molecule has 3 aromatic rings. The number of fused-ring (bicyclic) bond motifs is 1. The van der Waals surface area contributed by atoms with Crippen molar-refractivity contribution in [3.8, 4) is 10.6 Å². The summed E-state index contributed by atoms with van der Waals surface area (Å²) >= 11 is 1.50. The summed E-state index contributed by atoms with van der Waals surface area (Å²) in [5, 5.41) is 38.2. The van der Waals surface area contributed by atoms with Crippen molar-refractivity contribution in [2.75, 3.05) is 17.2 Å². The van der Waals surface area contributed by atoms with Crippen LogP contribution in [-0.2, 0) is 0 Å². The molecule has 3 unspecified atom stereocenters. The number of aryl methyl sites for hydroxylation is 2. The third kappa shape index (κ3) is 4.08. The molecule has 0 spiro atoms. The van der Waals surface area contributed by atoms with Crippen LogP contribution in [-0.4, -0.2) is 59.7 Å². The number of nitrogens with one attached hydrogen (secondary N) is 2. The molecule has 0 aromatic carbocycles. The first-order valence-electron chi connectivity index (χ1n) is 10.4. The van der Waals surface area contributed by atoms with E-state index in [0.29, 0.717) is 34.5 Å². The van der Waals surface area contributed by atoms with Gasteiger partial charge in [-0.3, -0.25) is 4.98 Å². The summed E-state index contributed by atoms with van der Waals surface area (Å²) in [5.74, 6) is 0.418. The highest BCUT2D eigenvalue weighted by Crippen LogP contribution is 2.40. The van der Waals surface area contributed by atoms with Gasteiger partial charge in [-0.25, -0.2) is 9.97 Å². The van der Waals surface area contributed by atoms with Crippen molar-refractivity contribution < 1.29 is 15.3 Å². The van der Waals surface area contributed by atoms with Crippen molar-refractivity contribution in [1.82, 2.24) is 19.9 Å². The Kier molecular flexibility index (Phi) is 5.82. The van der Waals surface area contributed by atoms with E-state index in [0.717, 1.165) is 15.9 Å². The molecule has 0 aliphatic heterocycles. The molecule has 166 valence electrons. The number of anilines is 2. The highest BCUT2D eigenvalue weighted by Gasteiger charge is 2.47. The highest BCUT2D eigenvalue weighted by molar-refractivity contribution is 7.21. The normalized spacial score (nSPS) is 23.6. The number of hydrogen-bond acceptors (Lipinski definition) is 10. The summed E-state index contributed by atoms with van der Waals surface area (Å²) in [6.45, 7) is 7.57. The number of nitrogens with zero attached hydrogens (tertiary/aromatic N) is 4. The van der Waals surface area contributed by atoms with Crippen LogP contribution < -0.4 is 10.6 Å². The average molecular weight is 445 g/mol. The van der Waals surface area contributed by atoms with Gasteiger partial charge in [0.1, 0.15) is 22.4 Å². The molecule has 9 nitrogen and oxygen atoms in total. The molecule has 3 heterocycles. The maximum Gasteiger partial charge on any atom is 0.225 e. The Bertz CT molecular complexity index is 1100. The van der Waals surface area contributed by atoms with Crippen molar-refractivity contribution in [1.29, 1.82) is 0 Å². The lowest BCUT2D eigenvalue weighted by Crippen LogP contribution is -2.48. The number of hydrogen-bond donors (Lipinski definition) is 5. The van der Waals surface area contributed by atoms with Gasteiger partial charge in [-0.15, -0.1) is 11.3 Å². The zero-order chi connectivity index (χ0) is 22.3. The monoisotopic (exact) mass is 444 g/mol. The van der Waals surface area contributed by atoms with E-state index in [1.807, 2.05) is 33.8 Å². The van der Waals surface area contributed by atoms with Crippen molar-refractivity contribution in [2.45, 2.75) is 58.4 Å². The first-order valence-corrected chi connectivity index (χ1v) is 11.2. The second-order valence-electron chi connectivity index (χ2n) is 8.39. The Labute approximate surface area is 184 Å². The predicted molar refractivity (Wildman–Crippen MR) is 121 cm³/mol. The van der Waals surface area contributed by atoms with Crippen molar-refractivity contribution in [2.24, 2.45) is 5.92 Å². The van der Waals surface area contributed by atoms with Crippen LogP contribution in [0.4, 0.5) is 11.8 Å². The van der Waals surface area contributed by atoms with Crippen LogP contribution in [0.3, 0.4) is 0 Å². The van der Waals surface area contributed by atoms with Crippen LogP contribution in [0.15, 0.2) is 12.3 Å². The lowest BCUT2D eigenvalue weighted by atomic mass is 10.0. The smallest absolute Gasteiger partial charge is 0.225 e. The lowest BCUT2D eigenvalue weighted by Gasteiger charge is -2.31. The van der Waals surface area contributed by atoms with Crippen LogP contribution in [0.2, 0.25) is 0 Å². The summed E-state index contributed by atoms with van der Waals surface area (Å²) in [6, 6.07) is 2.04. The van der Waals surface area contributed by atoms with E-state index in [9.17, 15) is 15.3 Å². The molecule has 31 heavy (non-hydrogen) atoms. The molecule has 3 aromatic heterocycles. The Morgan fingerprint density at radius 3 is 2.65 bits per heavy atom. The van der Waals surface area contributed by atoms with Crippen molar-refractivity contribution in [3.05, 3.63) is 23.7 Å². The first kappa shape index (κ1) is 21.8. The molecule has 3 atom stereocenters. The van der Waals surface area contributed by atoms with Gasteiger partial charge in [-0.2, -0.15) is 4.98 Å². The zero-order valence-electron chi connectivity index (χ0n) is 18.0. The SMILES string of the molecule is Cc1nc(NC(C)C)nc(NC2(O)CCC(CO)C2O)c1-c1nc2c(C)nccc2s1. The van der Waals surface area contributed by atoms with Gasteiger partial charge in [-0.05, 0) is 46.6 Å². The maximum absolute atomic E-state index is 11.2. The van der Waals surface area contributed by atoms with E-state index in [2.05, 4.69) is 25.6 Å². The molecule has 1 fully saturated rings. The van der Waals surface area contributed by atoms with Crippen molar-refractivity contribution in [3.63, 3.8) is 0 Å². The molecule has 1 aliphatic rings. The Balaban J connectivity index is 1.83. The van der Waals surface area contributed by atoms with E-state index >= 15 is 0 Å². The zero-order valence-corrected chi connectivity index (χ0v) is 18.9. The van der Waals surface area contributed by atoms with Gasteiger partial charge in [0.2, 0.25) is 5.95 Å². The number of pyridine rings is 1. The summed E-state index contributed by atoms with van der Waals surface area (Å²) in [5.41, 5.74) is 1.41. The van der Waals surface area contributed by atoms with Gasteiger partial charge in [0, 0.05) is 24.8 Å². The first-order chi connectivity index (χ1) is 14.7. The summed E-state index contributed by atoms with van der Waals surface area (Å²) < 4.78 is 0.997. The molecule has 0 saturated heterocycles. The van der Waals surface area contributed by atoms with Gasteiger partial charge in [0.05, 0.1) is 21.7 Å². The fourth-order valence-corrected chi connectivity index (χ4v) is 5.08. The fraction of sp³-hybridized carbons (Fsp3) is 0.524. The van der Waals surface area contributed by atoms with Gasteiger partial charge in [0.25, 0.3) is 0 Å². The molecule has 1 saturated carbocycles. The molecule has 0 amide bonds. The predicted octanol–water partition coefficient (Wildman–Crippen LogP) is 2.45. The minimum atomic E-state index is -1.60. The van der Waals surface area contributed by atoms with E-state index in [1.165, 1.54) is 11.3 Å². The van der Waals surface area contributed by atoms with Crippen LogP contribution in [0, 0.1) is 19.8 Å². The number of aliphatic hydroxyl groups excluding tert-OH is 2. The number of aromatic nitrogens is 4. The van der Waals surface area contributed by atoms with Crippen LogP contribution in [0.5, 0.6) is 0 Å². The number of rotatable bonds is 6. The van der Waals surface area contributed by atoms with E-state index < -0.39 is 17.7 Å². The molecule has 0 bridgehead atoms. The lowest BCUT2D eigenvalue weighted by molar-refractivity contribution is -0.0545. The highest BCUT2D eigenvalue weighted by atomic mass is 32.1. The van der Waals surface area contributed by atoms with Crippen molar-refractivity contribution >= 4 is 33.3 Å². The molecule has 5 N–H and O–H groups in total. The number of thiazole rings is 1. The van der Waals surface area contributed by atoms with Crippen LogP contribution in [0.25, 0.3) is 20.8 Å². The summed E-state index contributed by atoms with van der Waals surface area (Å²) in [7, 11) is 0. The average Bonchev–Trinajstić information content (AvgIpc) is 3.23. The minimum absolute atomic E-state index is 0.119. The minimum Gasteiger partial charge on any atom is -0.396 e. The largest absolute Gasteiger partial charge is 0.396 e. The second kappa shape index (κ2) is 8.27. The maximum atomic E-state index is 11.2. The van der Waals surface area contributed by atoms with E-state index in [1.54, 1.807) is 6.20 Å². The van der Waals surface area contributed by atoms with Gasteiger partial charge in [-0.1, -0.05) is 0 Å². The molecular weight excluding hydrogens is 416 g/mol. The molecule has 1 aliphatic carbocycles. The summed E-state index contributed by atoms with van der Waals surface area (Å²) in [4.78, 5) is 18.3. The topological polar surface area (TPSA) is 136 Å². The van der Waals surface area contributed by atoms with Gasteiger partial charge >= 0.3 is 0 Å². The fourth-order valence-electron chi connectivity index (χ4n) is 3.96. The van der Waals surface area contributed by atoms with Crippen LogP contribution >= 0.6 is 11.3 Å². The Morgan fingerprint density at radius 2 is 2.00 bits per heavy atom. The van der Waals surface area contributed by atoms with E-state index in [4.69, 9.17) is 4.98 Å². The molecule has 10 heteroatoms. The number of aliphatic hydroxyl groups is 3. The quantitative estimate of drug-likeness (QED) is 0.363. The van der Waals surface area contributed by atoms with Crippen LogP contribution in [0.1, 0.15) is 38.1 Å². The van der Waals surface area contributed by atoms with Gasteiger partial charge < -0.3 is 26.0 Å². The van der Waals surface area contributed by atoms with Gasteiger partial charge in [0.15, 0.2) is 5.72 Å². The molecular formula is C21H28N6O3S. The second-order valence-corrected chi connectivity index (χ2v) is 9.42. The summed E-state index contributed by atoms with van der Waals surface area (Å²) in [6.07, 6.45) is 1.43. The third-order valence-electron chi connectivity index (χ3n) is 5.61. The Hall–Kier alpha value is -2.40. The molecule has 4 rings (SSSR count). The standard InChI is InChI=1S/C21H28N6O3S/c1-10(2)23-20-24-11(3)15(19-25-16-12(4)22-8-6-14(16)31-19)18(26-20)27-21(30)7-5-13(9-28)17(21)29/h6,8,10,13,17,28-30H,5,7,9H2,1-4H3,(H2,23,24,26,27). The molecule has 0 radical (unpaired) electrons. The third-order valence-corrected chi connectivity index (χ3v) is 6.65. The van der Waals surface area contributed by atoms with E-state index in [-0.39, 0.29) is 19.1 Å². The Morgan fingerprint density at radius 1 is 1.23 bits per heavy atom.